The highest BCUT2D eigenvalue weighted by atomic mass is 16.3. The van der Waals surface area contributed by atoms with E-state index >= 15 is 0 Å². The van der Waals surface area contributed by atoms with Gasteiger partial charge in [0.1, 0.15) is 0 Å². The van der Waals surface area contributed by atoms with Crippen molar-refractivity contribution in [3.8, 4) is 0 Å². The fourth-order valence-electron chi connectivity index (χ4n) is 2.11. The molecule has 0 radical (unpaired) electrons. The maximum absolute atomic E-state index is 12.1. The van der Waals surface area contributed by atoms with Gasteiger partial charge in [-0.2, -0.15) is 5.10 Å². The molecule has 0 aromatic carbocycles. The molecule has 0 bridgehead atoms. The summed E-state index contributed by atoms with van der Waals surface area (Å²) in [6.45, 7) is 10.8. The molecule has 0 aliphatic rings. The van der Waals surface area contributed by atoms with E-state index in [4.69, 9.17) is 0 Å². The number of hydrogen-bond donors (Lipinski definition) is 2. The average molecular weight is 281 g/mol. The Morgan fingerprint density at radius 1 is 1.50 bits per heavy atom. The molecule has 1 aromatic rings. The molecular weight excluding hydrogens is 254 g/mol. The standard InChI is InChI=1S/C15H27N3O2/c1-11(2)18-12(3)13(9-17-18)14(20)16-8-6-7-15(4,5)10-19/h9,11,19H,6-8,10H2,1-5H3,(H,16,20). The SMILES string of the molecule is Cc1c(C(=O)NCCCC(C)(C)CO)cnn1C(C)C. The van der Waals surface area contributed by atoms with Crippen LogP contribution < -0.4 is 5.32 Å². The number of hydrogen-bond acceptors (Lipinski definition) is 3. The summed E-state index contributed by atoms with van der Waals surface area (Å²) < 4.78 is 1.85. The molecule has 1 aromatic heterocycles. The van der Waals surface area contributed by atoms with Crippen molar-refractivity contribution >= 4 is 5.91 Å². The zero-order chi connectivity index (χ0) is 15.3. The average Bonchev–Trinajstić information content (AvgIpc) is 2.76. The lowest BCUT2D eigenvalue weighted by Crippen LogP contribution is -2.26. The molecule has 0 atom stereocenters. The van der Waals surface area contributed by atoms with Crippen LogP contribution in [0.1, 0.15) is 62.6 Å². The van der Waals surface area contributed by atoms with Crippen molar-refractivity contribution in [2.24, 2.45) is 5.41 Å². The van der Waals surface area contributed by atoms with Crippen molar-refractivity contribution in [1.29, 1.82) is 0 Å². The number of rotatable bonds is 7. The second kappa shape index (κ2) is 6.88. The molecule has 0 unspecified atom stereocenters. The second-order valence-electron chi connectivity index (χ2n) is 6.36. The normalized spacial score (nSPS) is 11.9. The molecule has 5 heteroatoms. The zero-order valence-electron chi connectivity index (χ0n) is 13.2. The van der Waals surface area contributed by atoms with E-state index in [1.54, 1.807) is 6.20 Å². The van der Waals surface area contributed by atoms with Crippen molar-refractivity contribution in [3.63, 3.8) is 0 Å². The summed E-state index contributed by atoms with van der Waals surface area (Å²) in [5.41, 5.74) is 1.46. The molecule has 114 valence electrons. The molecule has 0 aliphatic carbocycles. The minimum Gasteiger partial charge on any atom is -0.396 e. The third-order valence-electron chi connectivity index (χ3n) is 3.52. The summed E-state index contributed by atoms with van der Waals surface area (Å²) in [7, 11) is 0. The fourth-order valence-corrected chi connectivity index (χ4v) is 2.11. The van der Waals surface area contributed by atoms with Gasteiger partial charge in [0.05, 0.1) is 11.8 Å². The molecule has 0 fully saturated rings. The van der Waals surface area contributed by atoms with E-state index in [-0.39, 0.29) is 24.0 Å². The number of carbonyl (C=O) groups is 1. The van der Waals surface area contributed by atoms with E-state index in [9.17, 15) is 9.90 Å². The third kappa shape index (κ3) is 4.34. The van der Waals surface area contributed by atoms with Gasteiger partial charge in [0.25, 0.3) is 5.91 Å². The van der Waals surface area contributed by atoms with Gasteiger partial charge >= 0.3 is 0 Å². The van der Waals surface area contributed by atoms with Gasteiger partial charge in [-0.05, 0) is 39.0 Å². The predicted molar refractivity (Wildman–Crippen MR) is 79.8 cm³/mol. The summed E-state index contributed by atoms with van der Waals surface area (Å²) in [4.78, 5) is 12.1. The number of amides is 1. The van der Waals surface area contributed by atoms with Crippen molar-refractivity contribution in [2.45, 2.75) is 53.5 Å². The maximum Gasteiger partial charge on any atom is 0.254 e. The van der Waals surface area contributed by atoms with Gasteiger partial charge in [-0.15, -0.1) is 0 Å². The first kappa shape index (κ1) is 16.7. The molecule has 2 N–H and O–H groups in total. The van der Waals surface area contributed by atoms with E-state index in [1.165, 1.54) is 0 Å². The van der Waals surface area contributed by atoms with Crippen LogP contribution in [0.25, 0.3) is 0 Å². The molecule has 20 heavy (non-hydrogen) atoms. The van der Waals surface area contributed by atoms with Crippen LogP contribution in [0, 0.1) is 12.3 Å². The smallest absolute Gasteiger partial charge is 0.254 e. The molecular formula is C15H27N3O2. The van der Waals surface area contributed by atoms with E-state index in [0.717, 1.165) is 18.5 Å². The van der Waals surface area contributed by atoms with Crippen molar-refractivity contribution < 1.29 is 9.90 Å². The summed E-state index contributed by atoms with van der Waals surface area (Å²) in [6, 6.07) is 0.252. The Bertz CT molecular complexity index is 450. The largest absolute Gasteiger partial charge is 0.396 e. The topological polar surface area (TPSA) is 67.2 Å². The van der Waals surface area contributed by atoms with Crippen molar-refractivity contribution in [2.75, 3.05) is 13.2 Å². The van der Waals surface area contributed by atoms with Crippen LogP contribution in [0.2, 0.25) is 0 Å². The highest BCUT2D eigenvalue weighted by Crippen LogP contribution is 2.20. The first-order valence-corrected chi connectivity index (χ1v) is 7.21. The fraction of sp³-hybridized carbons (Fsp3) is 0.733. The van der Waals surface area contributed by atoms with Crippen LogP contribution in [0.5, 0.6) is 0 Å². The van der Waals surface area contributed by atoms with E-state index in [0.29, 0.717) is 12.1 Å². The Balaban J connectivity index is 2.48. The predicted octanol–water partition coefficient (Wildman–Crippen LogP) is 2.30. The van der Waals surface area contributed by atoms with Gasteiger partial charge in [0.2, 0.25) is 0 Å². The Morgan fingerprint density at radius 3 is 2.65 bits per heavy atom. The van der Waals surface area contributed by atoms with Crippen LogP contribution >= 0.6 is 0 Å². The van der Waals surface area contributed by atoms with Gasteiger partial charge in [-0.25, -0.2) is 0 Å². The van der Waals surface area contributed by atoms with E-state index in [1.807, 2.05) is 39.3 Å². The summed E-state index contributed by atoms with van der Waals surface area (Å²) in [6.07, 6.45) is 3.37. The van der Waals surface area contributed by atoms with Crippen LogP contribution in [0.4, 0.5) is 0 Å². The van der Waals surface area contributed by atoms with E-state index in [2.05, 4.69) is 10.4 Å². The van der Waals surface area contributed by atoms with Crippen LogP contribution in [0.3, 0.4) is 0 Å². The molecule has 0 aliphatic heterocycles. The van der Waals surface area contributed by atoms with Gasteiger partial charge in [-0.3, -0.25) is 9.48 Å². The van der Waals surface area contributed by atoms with Crippen molar-refractivity contribution in [1.82, 2.24) is 15.1 Å². The van der Waals surface area contributed by atoms with Gasteiger partial charge < -0.3 is 10.4 Å². The highest BCUT2D eigenvalue weighted by Gasteiger charge is 2.17. The van der Waals surface area contributed by atoms with Crippen molar-refractivity contribution in [3.05, 3.63) is 17.5 Å². The highest BCUT2D eigenvalue weighted by molar-refractivity contribution is 5.95. The first-order chi connectivity index (χ1) is 9.28. The molecule has 5 nitrogen and oxygen atoms in total. The minimum absolute atomic E-state index is 0.0730. The number of aliphatic hydroxyl groups excluding tert-OH is 1. The molecule has 0 saturated carbocycles. The first-order valence-electron chi connectivity index (χ1n) is 7.21. The number of aliphatic hydroxyl groups is 1. The number of nitrogens with zero attached hydrogens (tertiary/aromatic N) is 2. The molecule has 0 spiro atoms. The Hall–Kier alpha value is -1.36. The lowest BCUT2D eigenvalue weighted by atomic mass is 9.89. The molecule has 1 amide bonds. The minimum atomic E-state index is -0.0802. The quantitative estimate of drug-likeness (QED) is 0.754. The number of nitrogens with one attached hydrogen (secondary N) is 1. The Labute approximate surface area is 121 Å². The van der Waals surface area contributed by atoms with E-state index < -0.39 is 0 Å². The number of carbonyl (C=O) groups excluding carboxylic acids is 1. The summed E-state index contributed by atoms with van der Waals surface area (Å²) in [5, 5.41) is 16.3. The third-order valence-corrected chi connectivity index (χ3v) is 3.52. The molecule has 0 saturated heterocycles. The van der Waals surface area contributed by atoms with Crippen LogP contribution in [0.15, 0.2) is 6.20 Å². The maximum atomic E-state index is 12.1. The lowest BCUT2D eigenvalue weighted by molar-refractivity contribution is 0.0947. The molecule has 1 rings (SSSR count). The molecule has 1 heterocycles. The monoisotopic (exact) mass is 281 g/mol. The van der Waals surface area contributed by atoms with Gasteiger partial charge in [0, 0.05) is 24.9 Å². The lowest BCUT2D eigenvalue weighted by Gasteiger charge is -2.21. The second-order valence-corrected chi connectivity index (χ2v) is 6.36. The Kier molecular flexibility index (Phi) is 5.74. The zero-order valence-corrected chi connectivity index (χ0v) is 13.2. The van der Waals surface area contributed by atoms with Gasteiger partial charge in [0.15, 0.2) is 0 Å². The number of aromatic nitrogens is 2. The summed E-state index contributed by atoms with van der Waals surface area (Å²) in [5.74, 6) is -0.0730. The van der Waals surface area contributed by atoms with Crippen LogP contribution in [-0.2, 0) is 0 Å². The Morgan fingerprint density at radius 2 is 2.15 bits per heavy atom. The van der Waals surface area contributed by atoms with Crippen LogP contribution in [-0.4, -0.2) is 33.9 Å². The summed E-state index contributed by atoms with van der Waals surface area (Å²) >= 11 is 0. The van der Waals surface area contributed by atoms with Gasteiger partial charge in [-0.1, -0.05) is 13.8 Å².